The first-order chi connectivity index (χ1) is 24.5. The lowest BCUT2D eigenvalue weighted by molar-refractivity contribution is 0.659. The van der Waals surface area contributed by atoms with Crippen LogP contribution in [-0.4, -0.2) is 29.9 Å². The third-order valence-electron chi connectivity index (χ3n) is 11.7. The Morgan fingerprint density at radius 1 is 0.353 bits per heavy atom. The van der Waals surface area contributed by atoms with Crippen molar-refractivity contribution in [1.29, 1.82) is 0 Å². The quantitative estimate of drug-likeness (QED) is 0.188. The highest BCUT2D eigenvalue weighted by Crippen LogP contribution is 2.51. The van der Waals surface area contributed by atoms with Gasteiger partial charge in [-0.2, -0.15) is 0 Å². The van der Waals surface area contributed by atoms with Gasteiger partial charge in [-0.3, -0.25) is 15.0 Å². The zero-order valence-corrected chi connectivity index (χ0v) is 29.6. The molecule has 0 fully saturated rings. The van der Waals surface area contributed by atoms with E-state index in [1.54, 1.807) is 0 Å². The van der Waals surface area contributed by atoms with Crippen LogP contribution in [0.2, 0.25) is 0 Å². The molecule has 0 saturated heterocycles. The van der Waals surface area contributed by atoms with Crippen molar-refractivity contribution in [3.63, 3.8) is 0 Å². The molecule has 4 aromatic heterocycles. The van der Waals surface area contributed by atoms with Crippen LogP contribution in [0.15, 0.2) is 110 Å². The Labute approximate surface area is 297 Å². The first-order valence-corrected chi connectivity index (χ1v) is 17.6. The first-order valence-electron chi connectivity index (χ1n) is 17.6. The van der Waals surface area contributed by atoms with Crippen molar-refractivity contribution in [2.75, 3.05) is 0 Å². The summed E-state index contributed by atoms with van der Waals surface area (Å²) in [5.41, 5.74) is 16.3. The van der Waals surface area contributed by atoms with Gasteiger partial charge in [0.2, 0.25) is 0 Å². The predicted molar refractivity (Wildman–Crippen MR) is 202 cm³/mol. The standard InChI is InChI=1S/C45H36N6/c1-43(2)31-16-13-25(22-28(31)37-34(43)10-7-19-46-37)40-49-41(26-14-17-32-29(23-26)38-35(44(32,3)4)11-8-20-47-38)51-42(50-40)27-15-18-33-30(24-27)39-36(45(33,5)6)12-9-21-48-39/h7-24H,1-6H3. The lowest BCUT2D eigenvalue weighted by Gasteiger charge is -2.21. The van der Waals surface area contributed by atoms with Crippen LogP contribution < -0.4 is 0 Å². The van der Waals surface area contributed by atoms with Crippen LogP contribution >= 0.6 is 0 Å². The fraction of sp³-hybridized carbons (Fsp3) is 0.200. The molecular formula is C45H36N6. The molecule has 0 saturated carbocycles. The molecular weight excluding hydrogens is 625 g/mol. The molecule has 0 N–H and O–H groups in total. The number of aromatic nitrogens is 6. The molecule has 51 heavy (non-hydrogen) atoms. The molecule has 6 nitrogen and oxygen atoms in total. The molecule has 3 aliphatic carbocycles. The van der Waals surface area contributed by atoms with Crippen molar-refractivity contribution >= 4 is 0 Å². The van der Waals surface area contributed by atoms with Crippen molar-refractivity contribution in [3.8, 4) is 67.9 Å². The molecule has 246 valence electrons. The van der Waals surface area contributed by atoms with Gasteiger partial charge >= 0.3 is 0 Å². The molecule has 3 aliphatic rings. The normalized spacial score (nSPS) is 16.1. The van der Waals surface area contributed by atoms with Gasteiger partial charge in [0.05, 0.1) is 17.1 Å². The molecule has 0 amide bonds. The molecule has 0 spiro atoms. The van der Waals surface area contributed by atoms with Crippen molar-refractivity contribution in [2.24, 2.45) is 0 Å². The van der Waals surface area contributed by atoms with Gasteiger partial charge in [-0.05, 0) is 69.8 Å². The summed E-state index contributed by atoms with van der Waals surface area (Å²) in [4.78, 5) is 30.0. The second kappa shape index (κ2) is 10.1. The van der Waals surface area contributed by atoms with E-state index >= 15 is 0 Å². The molecule has 0 bridgehead atoms. The van der Waals surface area contributed by atoms with Gasteiger partial charge in [0.25, 0.3) is 0 Å². The van der Waals surface area contributed by atoms with Crippen molar-refractivity contribution in [3.05, 3.63) is 143 Å². The van der Waals surface area contributed by atoms with Crippen LogP contribution in [0.4, 0.5) is 0 Å². The third-order valence-corrected chi connectivity index (χ3v) is 11.7. The number of benzene rings is 3. The summed E-state index contributed by atoms with van der Waals surface area (Å²) in [6, 6.07) is 32.3. The van der Waals surface area contributed by atoms with Gasteiger partial charge in [0.1, 0.15) is 0 Å². The highest BCUT2D eigenvalue weighted by Gasteiger charge is 2.39. The number of hydrogen-bond acceptors (Lipinski definition) is 6. The van der Waals surface area contributed by atoms with Crippen LogP contribution in [0.3, 0.4) is 0 Å². The van der Waals surface area contributed by atoms with E-state index in [0.29, 0.717) is 17.5 Å². The molecule has 10 rings (SSSR count). The zero-order chi connectivity index (χ0) is 34.9. The summed E-state index contributed by atoms with van der Waals surface area (Å²) >= 11 is 0. The molecule has 4 heterocycles. The average Bonchev–Trinajstić information content (AvgIpc) is 3.64. The van der Waals surface area contributed by atoms with E-state index in [9.17, 15) is 0 Å². The Morgan fingerprint density at radius 3 is 0.941 bits per heavy atom. The topological polar surface area (TPSA) is 77.3 Å². The molecule has 0 aliphatic heterocycles. The van der Waals surface area contributed by atoms with Crippen LogP contribution in [0.1, 0.15) is 74.9 Å². The lowest BCUT2D eigenvalue weighted by atomic mass is 9.82. The Kier molecular flexibility index (Phi) is 5.94. The number of fused-ring (bicyclic) bond motifs is 9. The number of pyridine rings is 3. The van der Waals surface area contributed by atoms with Crippen LogP contribution in [0.5, 0.6) is 0 Å². The van der Waals surface area contributed by atoms with Gasteiger partial charge in [-0.25, -0.2) is 15.0 Å². The highest BCUT2D eigenvalue weighted by molar-refractivity contribution is 5.85. The molecule has 6 heteroatoms. The van der Waals surface area contributed by atoms with Gasteiger partial charge in [0, 0.05) is 68.2 Å². The lowest BCUT2D eigenvalue weighted by Crippen LogP contribution is -2.15. The molecule has 7 aromatic rings. The number of hydrogen-bond donors (Lipinski definition) is 0. The van der Waals surface area contributed by atoms with Crippen molar-refractivity contribution < 1.29 is 0 Å². The molecule has 3 aromatic carbocycles. The minimum Gasteiger partial charge on any atom is -0.256 e. The van der Waals surface area contributed by atoms with Gasteiger partial charge in [-0.15, -0.1) is 0 Å². The summed E-state index contributed by atoms with van der Waals surface area (Å²) in [6.07, 6.45) is 5.63. The maximum atomic E-state index is 5.19. The Hall–Kier alpha value is -5.88. The maximum Gasteiger partial charge on any atom is 0.164 e. The van der Waals surface area contributed by atoms with E-state index in [2.05, 4.69) is 114 Å². The molecule has 0 radical (unpaired) electrons. The third kappa shape index (κ3) is 4.10. The molecule has 0 unspecified atom stereocenters. The van der Waals surface area contributed by atoms with Gasteiger partial charge in [0.15, 0.2) is 17.5 Å². The van der Waals surface area contributed by atoms with Crippen LogP contribution in [-0.2, 0) is 16.2 Å². The summed E-state index contributed by atoms with van der Waals surface area (Å²) < 4.78 is 0. The van der Waals surface area contributed by atoms with Crippen LogP contribution in [0, 0.1) is 0 Å². The first kappa shape index (κ1) is 30.0. The van der Waals surface area contributed by atoms with Crippen molar-refractivity contribution in [1.82, 2.24) is 29.9 Å². The SMILES string of the molecule is CC1(C)c2ccc(-c3nc(-c4ccc5c(c4)-c4ncccc4C5(C)C)nc(-c4ccc5c(c4)-c4ncccc4C5(C)C)n3)cc2-c2ncccc21. The minimum atomic E-state index is -0.141. The van der Waals surface area contributed by atoms with E-state index < -0.39 is 0 Å². The number of nitrogens with zero attached hydrogens (tertiary/aromatic N) is 6. The fourth-order valence-corrected chi connectivity index (χ4v) is 8.84. The predicted octanol–water partition coefficient (Wildman–Crippen LogP) is 9.98. The van der Waals surface area contributed by atoms with E-state index in [1.165, 1.54) is 33.4 Å². The summed E-state index contributed by atoms with van der Waals surface area (Å²) in [6.45, 7) is 13.6. The average molecular weight is 661 g/mol. The maximum absolute atomic E-state index is 5.19. The highest BCUT2D eigenvalue weighted by atomic mass is 15.0. The Morgan fingerprint density at radius 2 is 0.647 bits per heavy atom. The Balaban J connectivity index is 1.18. The number of rotatable bonds is 3. The van der Waals surface area contributed by atoms with E-state index in [1.807, 2.05) is 36.8 Å². The summed E-state index contributed by atoms with van der Waals surface area (Å²) in [7, 11) is 0. The van der Waals surface area contributed by atoms with Crippen molar-refractivity contribution in [2.45, 2.75) is 57.8 Å². The smallest absolute Gasteiger partial charge is 0.164 e. The largest absolute Gasteiger partial charge is 0.256 e. The Bertz CT molecular complexity index is 2330. The molecule has 0 atom stereocenters. The second-order valence-corrected chi connectivity index (χ2v) is 15.7. The second-order valence-electron chi connectivity index (χ2n) is 15.7. The minimum absolute atomic E-state index is 0.141. The zero-order valence-electron chi connectivity index (χ0n) is 29.6. The van der Waals surface area contributed by atoms with E-state index in [0.717, 1.165) is 50.5 Å². The van der Waals surface area contributed by atoms with E-state index in [-0.39, 0.29) is 16.2 Å². The summed E-state index contributed by atoms with van der Waals surface area (Å²) in [5.74, 6) is 1.87. The van der Waals surface area contributed by atoms with Crippen LogP contribution in [0.25, 0.3) is 67.9 Å². The van der Waals surface area contributed by atoms with Gasteiger partial charge < -0.3 is 0 Å². The van der Waals surface area contributed by atoms with Gasteiger partial charge in [-0.1, -0.05) is 96.1 Å². The van der Waals surface area contributed by atoms with E-state index in [4.69, 9.17) is 29.9 Å². The fourth-order valence-electron chi connectivity index (χ4n) is 8.84. The monoisotopic (exact) mass is 660 g/mol. The summed E-state index contributed by atoms with van der Waals surface area (Å²) in [5, 5.41) is 0.